The number of hydrogen-bond donors (Lipinski definition) is 0. The molecule has 0 radical (unpaired) electrons. The molecule has 8 heteroatoms. The quantitative estimate of drug-likeness (QED) is 0.520. The normalized spacial score (nSPS) is 18.7. The summed E-state index contributed by atoms with van der Waals surface area (Å²) in [5.74, 6) is 0. The van der Waals surface area contributed by atoms with Crippen molar-refractivity contribution < 1.29 is 18.3 Å². The Morgan fingerprint density at radius 1 is 1.29 bits per heavy atom. The monoisotopic (exact) mass is 382 g/mol. The van der Waals surface area contributed by atoms with Crippen molar-refractivity contribution in [1.29, 1.82) is 0 Å². The Balaban J connectivity index is 2.46. The van der Waals surface area contributed by atoms with Gasteiger partial charge in [-0.1, -0.05) is 12.1 Å². The lowest BCUT2D eigenvalue weighted by Gasteiger charge is -2.32. The number of carbonyl (C=O) groups is 1. The molecule has 1 heterocycles. The number of carbonyl (C=O) groups excluding carboxylic acids is 1. The van der Waals surface area contributed by atoms with E-state index in [1.165, 1.54) is 0 Å². The summed E-state index contributed by atoms with van der Waals surface area (Å²) in [6.07, 6.45) is -2.60. The molecule has 1 aliphatic heterocycles. The predicted octanol–water partition coefficient (Wildman–Crippen LogP) is 4.72. The minimum atomic E-state index is -3.67. The molecule has 0 saturated heterocycles. The molecule has 1 atom stereocenters. The molecule has 0 bridgehead atoms. The lowest BCUT2D eigenvalue weighted by molar-refractivity contribution is 0.0396. The molecule has 1 aromatic carbocycles. The number of halogens is 4. The van der Waals surface area contributed by atoms with Gasteiger partial charge >= 0.3 is 11.5 Å². The number of fused-ring (bicyclic) bond motifs is 1. The van der Waals surface area contributed by atoms with E-state index < -0.39 is 23.2 Å². The molecule has 1 unspecified atom stereocenters. The number of alkyl halides is 3. The summed E-state index contributed by atoms with van der Waals surface area (Å²) in [4.78, 5) is 13.1. The zero-order valence-corrected chi connectivity index (χ0v) is 14.0. The van der Waals surface area contributed by atoms with Crippen LogP contribution in [0, 0.1) is 0 Å². The number of para-hydroxylation sites is 2. The van der Waals surface area contributed by atoms with E-state index in [4.69, 9.17) is 16.3 Å². The van der Waals surface area contributed by atoms with Crippen molar-refractivity contribution >= 4 is 45.2 Å². The van der Waals surface area contributed by atoms with Crippen LogP contribution in [0.1, 0.15) is 20.8 Å². The average molecular weight is 384 g/mol. The molecule has 0 N–H and O–H groups in total. The third-order valence-electron chi connectivity index (χ3n) is 2.71. The van der Waals surface area contributed by atoms with Crippen LogP contribution in [-0.2, 0) is 4.74 Å². The Labute approximate surface area is 134 Å². The molecule has 21 heavy (non-hydrogen) atoms. The number of rotatable bonds is 1. The molecule has 0 aliphatic carbocycles. The van der Waals surface area contributed by atoms with E-state index in [0.29, 0.717) is 11.4 Å². The highest BCUT2D eigenvalue weighted by molar-refractivity contribution is 9.10. The second kappa shape index (κ2) is 5.28. The molecule has 116 valence electrons. The van der Waals surface area contributed by atoms with Gasteiger partial charge in [-0.2, -0.15) is 8.78 Å². The van der Waals surface area contributed by atoms with Gasteiger partial charge in [0.25, 0.3) is 0 Å². The van der Waals surface area contributed by atoms with Crippen LogP contribution < -0.4 is 8.83 Å². The van der Waals surface area contributed by atoms with Gasteiger partial charge in [0.15, 0.2) is 0 Å². The first-order valence-electron chi connectivity index (χ1n) is 6.15. The molecule has 4 nitrogen and oxygen atoms in total. The molecular formula is C13H14BrClF2N2O2. The Hall–Kier alpha value is -1.08. The number of hydrogen-bond acceptors (Lipinski definition) is 3. The third-order valence-corrected chi connectivity index (χ3v) is 3.68. The summed E-state index contributed by atoms with van der Waals surface area (Å²) in [6, 6.07) is 6.47. The molecule has 0 aromatic heterocycles. The van der Waals surface area contributed by atoms with Crippen LogP contribution in [-0.4, -0.2) is 23.2 Å². The van der Waals surface area contributed by atoms with E-state index in [0.717, 1.165) is 8.83 Å². The second-order valence-corrected chi connectivity index (χ2v) is 6.83. The minimum absolute atomic E-state index is 0.300. The Bertz CT molecular complexity index is 560. The van der Waals surface area contributed by atoms with Gasteiger partial charge in [0.1, 0.15) is 5.60 Å². The van der Waals surface area contributed by atoms with Gasteiger partial charge in [0.05, 0.1) is 27.5 Å². The molecule has 1 aromatic rings. The minimum Gasteiger partial charge on any atom is -0.443 e. The number of nitrogens with zero attached hydrogens (tertiary/aromatic N) is 2. The molecule has 2 rings (SSSR count). The summed E-state index contributed by atoms with van der Waals surface area (Å²) < 4.78 is 33.7. The highest BCUT2D eigenvalue weighted by atomic mass is 79.9. The maximum atomic E-state index is 13.7. The largest absolute Gasteiger partial charge is 0.443 e. The van der Waals surface area contributed by atoms with Crippen molar-refractivity contribution in [3.63, 3.8) is 0 Å². The van der Waals surface area contributed by atoms with E-state index in [9.17, 15) is 13.6 Å². The average Bonchev–Trinajstić information content (AvgIpc) is 2.61. The van der Waals surface area contributed by atoms with Crippen LogP contribution in [0.2, 0.25) is 0 Å². The van der Waals surface area contributed by atoms with Crippen molar-refractivity contribution in [1.82, 2.24) is 0 Å². The van der Waals surface area contributed by atoms with Gasteiger partial charge in [-0.3, -0.25) is 3.93 Å². The van der Waals surface area contributed by atoms with Gasteiger partial charge in [-0.05, 0) is 44.5 Å². The maximum absolute atomic E-state index is 13.7. The standard InChI is InChI=1S/C13H14BrClF2N2O2/c1-12(2,3)21-11(20)18-8-6-4-5-7-9(8)19(14)10(18)13(15,16)17/h4-7,10H,1-3H3. The number of ether oxygens (including phenoxy) is 1. The fourth-order valence-corrected chi connectivity index (χ4v) is 3.05. The molecule has 0 fully saturated rings. The maximum Gasteiger partial charge on any atom is 0.416 e. The molecular weight excluding hydrogens is 370 g/mol. The van der Waals surface area contributed by atoms with Gasteiger partial charge in [-0.25, -0.2) is 9.69 Å². The third kappa shape index (κ3) is 3.23. The first kappa shape index (κ1) is 16.3. The van der Waals surface area contributed by atoms with Crippen LogP contribution in [0.25, 0.3) is 0 Å². The summed E-state index contributed by atoms with van der Waals surface area (Å²) in [5.41, 5.74) is -0.0969. The molecule has 1 amide bonds. The van der Waals surface area contributed by atoms with Gasteiger partial charge in [0, 0.05) is 0 Å². The van der Waals surface area contributed by atoms with E-state index in [1.54, 1.807) is 45.0 Å². The van der Waals surface area contributed by atoms with Crippen LogP contribution >= 0.6 is 27.7 Å². The number of amides is 1. The molecule has 0 saturated carbocycles. The zero-order valence-electron chi connectivity index (χ0n) is 11.6. The zero-order chi connectivity index (χ0) is 16.0. The topological polar surface area (TPSA) is 32.8 Å². The number of anilines is 2. The lowest BCUT2D eigenvalue weighted by atomic mass is 10.2. The fraction of sp³-hybridized carbons (Fsp3) is 0.462. The highest BCUT2D eigenvalue weighted by Gasteiger charge is 2.53. The van der Waals surface area contributed by atoms with Gasteiger partial charge in [0.2, 0.25) is 6.17 Å². The van der Waals surface area contributed by atoms with Crippen LogP contribution in [0.5, 0.6) is 0 Å². The van der Waals surface area contributed by atoms with Gasteiger partial charge < -0.3 is 4.74 Å². The first-order chi connectivity index (χ1) is 9.52. The van der Waals surface area contributed by atoms with E-state index in [1.807, 2.05) is 0 Å². The van der Waals surface area contributed by atoms with Crippen molar-refractivity contribution in [2.45, 2.75) is 37.9 Å². The first-order valence-corrected chi connectivity index (χ1v) is 7.24. The van der Waals surface area contributed by atoms with Crippen LogP contribution in [0.15, 0.2) is 24.3 Å². The van der Waals surface area contributed by atoms with Crippen LogP contribution in [0.4, 0.5) is 25.0 Å². The summed E-state index contributed by atoms with van der Waals surface area (Å²) in [5, 5.41) is -3.67. The van der Waals surface area contributed by atoms with Crippen LogP contribution in [0.3, 0.4) is 0 Å². The van der Waals surface area contributed by atoms with Gasteiger partial charge in [-0.15, -0.1) is 0 Å². The number of benzene rings is 1. The molecule has 1 aliphatic rings. The molecule has 0 spiro atoms. The smallest absolute Gasteiger partial charge is 0.416 e. The van der Waals surface area contributed by atoms with E-state index in [2.05, 4.69) is 16.1 Å². The Kier molecular flexibility index (Phi) is 4.10. The van der Waals surface area contributed by atoms with Crippen molar-refractivity contribution in [2.75, 3.05) is 8.83 Å². The summed E-state index contributed by atoms with van der Waals surface area (Å²) in [6.45, 7) is 4.98. The van der Waals surface area contributed by atoms with Crippen molar-refractivity contribution in [3.8, 4) is 0 Å². The Morgan fingerprint density at radius 2 is 1.81 bits per heavy atom. The second-order valence-electron chi connectivity index (χ2n) is 5.57. The van der Waals surface area contributed by atoms with E-state index in [-0.39, 0.29) is 0 Å². The lowest BCUT2D eigenvalue weighted by Crippen LogP contribution is -2.53. The van der Waals surface area contributed by atoms with E-state index >= 15 is 0 Å². The summed E-state index contributed by atoms with van der Waals surface area (Å²) in [7, 11) is 0. The highest BCUT2D eigenvalue weighted by Crippen LogP contribution is 2.47. The van der Waals surface area contributed by atoms with Crippen molar-refractivity contribution in [2.24, 2.45) is 0 Å². The SMILES string of the molecule is CC(C)(C)OC(=O)N1c2ccccc2N(Br)C1C(F)(F)Cl. The van der Waals surface area contributed by atoms with Crippen molar-refractivity contribution in [3.05, 3.63) is 24.3 Å². The Morgan fingerprint density at radius 3 is 2.29 bits per heavy atom. The predicted molar refractivity (Wildman–Crippen MR) is 81.1 cm³/mol. The summed E-state index contributed by atoms with van der Waals surface area (Å²) >= 11 is 8.23. The fourth-order valence-electron chi connectivity index (χ4n) is 2.00.